The molecule has 0 bridgehead atoms. The average Bonchev–Trinajstić information content (AvgIpc) is 3.19. The molecule has 0 spiro atoms. The van der Waals surface area contributed by atoms with Gasteiger partial charge >= 0.3 is 5.97 Å². The zero-order valence-electron chi connectivity index (χ0n) is 15.6. The minimum Gasteiger partial charge on any atom is -0.454 e. The Kier molecular flexibility index (Phi) is 6.89. The molecule has 1 aromatic rings. The third-order valence-electron chi connectivity index (χ3n) is 4.55. The Balaban J connectivity index is 1.31. The first kappa shape index (κ1) is 19.7. The summed E-state index contributed by atoms with van der Waals surface area (Å²) in [6.45, 7) is -0.0410. The number of allylic oxidation sites excluding steroid dienone is 1. The van der Waals surface area contributed by atoms with Gasteiger partial charge < -0.3 is 24.8 Å². The predicted molar refractivity (Wildman–Crippen MR) is 100 cm³/mol. The molecule has 0 atom stereocenters. The highest BCUT2D eigenvalue weighted by molar-refractivity contribution is 5.96. The number of ether oxygens (including phenoxy) is 3. The van der Waals surface area contributed by atoms with E-state index in [0.29, 0.717) is 23.6 Å². The Morgan fingerprint density at radius 3 is 2.75 bits per heavy atom. The molecule has 8 heteroatoms. The fraction of sp³-hybridized carbons (Fsp3) is 0.450. The van der Waals surface area contributed by atoms with Gasteiger partial charge in [-0.2, -0.15) is 0 Å². The summed E-state index contributed by atoms with van der Waals surface area (Å²) >= 11 is 0. The number of fused-ring (bicyclic) bond motifs is 1. The molecule has 0 saturated carbocycles. The fourth-order valence-corrected chi connectivity index (χ4v) is 3.03. The van der Waals surface area contributed by atoms with E-state index < -0.39 is 11.9 Å². The molecule has 28 heavy (non-hydrogen) atoms. The molecule has 0 fully saturated rings. The Morgan fingerprint density at radius 2 is 1.93 bits per heavy atom. The van der Waals surface area contributed by atoms with Crippen molar-refractivity contribution in [3.63, 3.8) is 0 Å². The van der Waals surface area contributed by atoms with Gasteiger partial charge in [-0.3, -0.25) is 14.4 Å². The number of hydrogen-bond donors (Lipinski definition) is 2. The van der Waals surface area contributed by atoms with E-state index in [1.807, 2.05) is 0 Å². The first-order valence-corrected chi connectivity index (χ1v) is 9.40. The van der Waals surface area contributed by atoms with Crippen molar-refractivity contribution in [2.24, 2.45) is 0 Å². The van der Waals surface area contributed by atoms with Gasteiger partial charge in [-0.1, -0.05) is 11.6 Å². The molecule has 2 N–H and O–H groups in total. The van der Waals surface area contributed by atoms with Crippen molar-refractivity contribution < 1.29 is 28.6 Å². The normalized spacial score (nSPS) is 14.8. The number of carbonyl (C=O) groups is 3. The van der Waals surface area contributed by atoms with Crippen LogP contribution in [0.15, 0.2) is 29.8 Å². The molecule has 8 nitrogen and oxygen atoms in total. The third kappa shape index (κ3) is 5.73. The van der Waals surface area contributed by atoms with E-state index in [1.54, 1.807) is 12.1 Å². The molecule has 1 aliphatic heterocycles. The molecule has 3 rings (SSSR count). The van der Waals surface area contributed by atoms with Crippen LogP contribution >= 0.6 is 0 Å². The lowest BCUT2D eigenvalue weighted by molar-refractivity contribution is -0.147. The highest BCUT2D eigenvalue weighted by atomic mass is 16.7. The van der Waals surface area contributed by atoms with Gasteiger partial charge in [0.05, 0.1) is 0 Å². The number of benzene rings is 1. The Labute approximate surface area is 163 Å². The summed E-state index contributed by atoms with van der Waals surface area (Å²) in [6.07, 6.45) is 7.70. The average molecular weight is 388 g/mol. The summed E-state index contributed by atoms with van der Waals surface area (Å²) in [5.74, 6) is -0.427. The van der Waals surface area contributed by atoms with Crippen LogP contribution in [-0.4, -0.2) is 44.3 Å². The quantitative estimate of drug-likeness (QED) is 0.519. The maximum absolute atomic E-state index is 12.1. The number of rotatable bonds is 8. The van der Waals surface area contributed by atoms with Crippen molar-refractivity contribution in [2.45, 2.75) is 32.1 Å². The first-order chi connectivity index (χ1) is 13.6. The summed E-state index contributed by atoms with van der Waals surface area (Å²) < 4.78 is 15.3. The van der Waals surface area contributed by atoms with E-state index in [1.165, 1.54) is 24.5 Å². The lowest BCUT2D eigenvalue weighted by Gasteiger charge is -2.13. The highest BCUT2D eigenvalue weighted by Crippen LogP contribution is 2.32. The standard InChI is InChI=1S/C20H24N2O6/c23-18(21-9-8-14-4-2-1-3-5-14)12-26-19(24)11-22-20(25)15-6-7-16-17(10-15)28-13-27-16/h4,6-7,10H,1-3,5,8-9,11-13H2,(H,21,23)(H,22,25). The van der Waals surface area contributed by atoms with Crippen molar-refractivity contribution in [1.29, 1.82) is 0 Å². The molecule has 0 unspecified atom stereocenters. The topological polar surface area (TPSA) is 103 Å². The van der Waals surface area contributed by atoms with Crippen LogP contribution < -0.4 is 20.1 Å². The molecule has 1 aromatic carbocycles. The van der Waals surface area contributed by atoms with E-state index in [-0.39, 0.29) is 25.9 Å². The van der Waals surface area contributed by atoms with Crippen LogP contribution in [0, 0.1) is 0 Å². The van der Waals surface area contributed by atoms with Gasteiger partial charge in [-0.15, -0.1) is 0 Å². The molecule has 1 aliphatic carbocycles. The van der Waals surface area contributed by atoms with Crippen molar-refractivity contribution in [3.05, 3.63) is 35.4 Å². The molecular weight excluding hydrogens is 364 g/mol. The first-order valence-electron chi connectivity index (χ1n) is 9.40. The minimum atomic E-state index is -0.681. The number of carbonyl (C=O) groups excluding carboxylic acids is 3. The summed E-state index contributed by atoms with van der Waals surface area (Å²) in [6, 6.07) is 4.74. The SMILES string of the molecule is O=C(COC(=O)CNC(=O)c1ccc2c(c1)OCO2)NCCC1=CCCCC1. The molecule has 0 saturated heterocycles. The van der Waals surface area contributed by atoms with E-state index in [4.69, 9.17) is 14.2 Å². The van der Waals surface area contributed by atoms with Crippen LogP contribution in [0.5, 0.6) is 11.5 Å². The van der Waals surface area contributed by atoms with Crippen molar-refractivity contribution in [3.8, 4) is 11.5 Å². The number of esters is 1. The summed E-state index contributed by atoms with van der Waals surface area (Å²) in [5.41, 5.74) is 1.71. The number of nitrogens with one attached hydrogen (secondary N) is 2. The summed E-state index contributed by atoms with van der Waals surface area (Å²) in [5, 5.41) is 5.18. The molecule has 2 aliphatic rings. The van der Waals surface area contributed by atoms with E-state index in [9.17, 15) is 14.4 Å². The van der Waals surface area contributed by atoms with Crippen molar-refractivity contribution in [1.82, 2.24) is 10.6 Å². The van der Waals surface area contributed by atoms with E-state index in [2.05, 4.69) is 16.7 Å². The van der Waals surface area contributed by atoms with Crippen molar-refractivity contribution in [2.75, 3.05) is 26.5 Å². The van der Waals surface area contributed by atoms with Gasteiger partial charge in [0.1, 0.15) is 6.54 Å². The number of hydrogen-bond acceptors (Lipinski definition) is 6. The van der Waals surface area contributed by atoms with Gasteiger partial charge in [-0.05, 0) is 50.3 Å². The van der Waals surface area contributed by atoms with Crippen LogP contribution in [0.1, 0.15) is 42.5 Å². The maximum atomic E-state index is 12.1. The summed E-state index contributed by atoms with van der Waals surface area (Å²) in [7, 11) is 0. The van der Waals surface area contributed by atoms with Crippen LogP contribution in [0.4, 0.5) is 0 Å². The van der Waals surface area contributed by atoms with Gasteiger partial charge in [0, 0.05) is 12.1 Å². The lowest BCUT2D eigenvalue weighted by Crippen LogP contribution is -2.34. The van der Waals surface area contributed by atoms with Crippen LogP contribution in [0.3, 0.4) is 0 Å². The van der Waals surface area contributed by atoms with Crippen molar-refractivity contribution >= 4 is 17.8 Å². The molecular formula is C20H24N2O6. The van der Waals surface area contributed by atoms with E-state index in [0.717, 1.165) is 19.3 Å². The molecule has 150 valence electrons. The lowest BCUT2D eigenvalue weighted by atomic mass is 9.97. The Morgan fingerprint density at radius 1 is 1.07 bits per heavy atom. The highest BCUT2D eigenvalue weighted by Gasteiger charge is 2.17. The molecule has 0 radical (unpaired) electrons. The fourth-order valence-electron chi connectivity index (χ4n) is 3.03. The second-order valence-electron chi connectivity index (χ2n) is 6.62. The summed E-state index contributed by atoms with van der Waals surface area (Å²) in [4.78, 5) is 35.5. The second-order valence-corrected chi connectivity index (χ2v) is 6.62. The molecule has 2 amide bonds. The zero-order valence-corrected chi connectivity index (χ0v) is 15.6. The Bertz CT molecular complexity index is 774. The molecule has 0 aromatic heterocycles. The second kappa shape index (κ2) is 9.77. The van der Waals surface area contributed by atoms with Crippen LogP contribution in [0.25, 0.3) is 0 Å². The number of amides is 2. The largest absolute Gasteiger partial charge is 0.454 e. The van der Waals surface area contributed by atoms with Crippen LogP contribution in [-0.2, 0) is 14.3 Å². The molecule has 1 heterocycles. The van der Waals surface area contributed by atoms with Gasteiger partial charge in [0.15, 0.2) is 18.1 Å². The monoisotopic (exact) mass is 388 g/mol. The smallest absolute Gasteiger partial charge is 0.325 e. The van der Waals surface area contributed by atoms with Gasteiger partial charge in [0.25, 0.3) is 11.8 Å². The van der Waals surface area contributed by atoms with Gasteiger partial charge in [-0.25, -0.2) is 0 Å². The Hall–Kier alpha value is -3.03. The zero-order chi connectivity index (χ0) is 19.8. The van der Waals surface area contributed by atoms with Crippen LogP contribution in [0.2, 0.25) is 0 Å². The van der Waals surface area contributed by atoms with Gasteiger partial charge in [0.2, 0.25) is 6.79 Å². The van der Waals surface area contributed by atoms with E-state index >= 15 is 0 Å². The minimum absolute atomic E-state index is 0.117. The maximum Gasteiger partial charge on any atom is 0.325 e. The third-order valence-corrected chi connectivity index (χ3v) is 4.55. The predicted octanol–water partition coefficient (Wildman–Crippen LogP) is 1.69.